The van der Waals surface area contributed by atoms with Gasteiger partial charge in [0.1, 0.15) is 13.6 Å². The summed E-state index contributed by atoms with van der Waals surface area (Å²) in [5, 5.41) is 0.304. The van der Waals surface area contributed by atoms with Crippen molar-refractivity contribution in [2.24, 2.45) is 17.8 Å². The van der Waals surface area contributed by atoms with Crippen LogP contribution in [-0.2, 0) is 24.9 Å². The van der Waals surface area contributed by atoms with Gasteiger partial charge in [-0.3, -0.25) is 0 Å². The summed E-state index contributed by atoms with van der Waals surface area (Å²) in [6.45, 7) is 0. The number of alkyl halides is 1. The van der Waals surface area contributed by atoms with Gasteiger partial charge in [0.05, 0.1) is 0 Å². The number of phosphoric acid groups is 1. The molecular weight excluding hydrogens is 476 g/mol. The number of hydrogen-bond donors (Lipinski definition) is 0. The molecule has 1 spiro atoms. The van der Waals surface area contributed by atoms with Crippen LogP contribution in [0.1, 0.15) is 37.7 Å². The molecule has 7 nitrogen and oxygen atoms in total. The van der Waals surface area contributed by atoms with Crippen LogP contribution in [0.3, 0.4) is 0 Å². The Bertz CT molecular complexity index is 864. The third-order valence-corrected chi connectivity index (χ3v) is 8.16. The van der Waals surface area contributed by atoms with Crippen LogP contribution in [0.5, 0.6) is 5.75 Å². The number of phosphoric ester groups is 1. The summed E-state index contributed by atoms with van der Waals surface area (Å²) in [6, 6.07) is 4.14. The predicted molar refractivity (Wildman–Crippen MR) is 95.4 cm³/mol. The van der Waals surface area contributed by atoms with E-state index in [4.69, 9.17) is 37.7 Å². The Morgan fingerprint density at radius 3 is 2.23 bits per heavy atom. The first-order valence-corrected chi connectivity index (χ1v) is 11.4. The SMILES string of the molecule is COC1(c2cc(OP(=O)([O-])[O-])ccc2Cl)OOC12C1CC3CC2CC(Cl)(C3)C1.[Na+].[Na+]. The topological polar surface area (TPSA) is 100 Å². The molecule has 4 saturated carbocycles. The Balaban J connectivity index is 0.00000128. The first kappa shape index (κ1) is 26.2. The summed E-state index contributed by atoms with van der Waals surface area (Å²) in [5.74, 6) is -0.676. The van der Waals surface area contributed by atoms with Crippen molar-refractivity contribution in [3.05, 3.63) is 28.8 Å². The van der Waals surface area contributed by atoms with Gasteiger partial charge in [0.2, 0.25) is 0 Å². The molecule has 0 N–H and O–H groups in total. The van der Waals surface area contributed by atoms with Crippen molar-refractivity contribution in [2.45, 2.75) is 48.4 Å². The van der Waals surface area contributed by atoms with Crippen molar-refractivity contribution in [2.75, 3.05) is 7.11 Å². The van der Waals surface area contributed by atoms with E-state index in [9.17, 15) is 14.4 Å². The Labute approximate surface area is 229 Å². The molecule has 4 aliphatic carbocycles. The number of methoxy groups -OCH3 is 1. The van der Waals surface area contributed by atoms with E-state index in [1.54, 1.807) is 0 Å². The van der Waals surface area contributed by atoms with Crippen molar-refractivity contribution in [3.63, 3.8) is 0 Å². The average molecular weight is 495 g/mol. The van der Waals surface area contributed by atoms with E-state index in [2.05, 4.69) is 4.52 Å². The maximum Gasteiger partial charge on any atom is 1.00 e. The summed E-state index contributed by atoms with van der Waals surface area (Å²) in [5.41, 5.74) is -0.386. The molecule has 0 aromatic heterocycles. The van der Waals surface area contributed by atoms with Gasteiger partial charge in [-0.25, -0.2) is 4.89 Å². The minimum Gasteiger partial charge on any atom is -0.780 e. The second-order valence-corrected chi connectivity index (χ2v) is 10.7. The number of ether oxygens (including phenoxy) is 1. The van der Waals surface area contributed by atoms with E-state index in [1.165, 1.54) is 25.3 Å². The van der Waals surface area contributed by atoms with Gasteiger partial charge in [-0.15, -0.1) is 11.6 Å². The predicted octanol–water partition coefficient (Wildman–Crippen LogP) is -3.13. The number of benzene rings is 1. The van der Waals surface area contributed by atoms with Gasteiger partial charge in [0, 0.05) is 22.6 Å². The fourth-order valence-corrected chi connectivity index (χ4v) is 7.46. The fraction of sp³-hybridized carbons (Fsp3) is 0.667. The van der Waals surface area contributed by atoms with E-state index < -0.39 is 19.2 Å². The van der Waals surface area contributed by atoms with Gasteiger partial charge in [0.15, 0.2) is 5.60 Å². The van der Waals surface area contributed by atoms with Crippen molar-refractivity contribution in [1.29, 1.82) is 0 Å². The van der Waals surface area contributed by atoms with Crippen LogP contribution in [0.25, 0.3) is 0 Å². The van der Waals surface area contributed by atoms with Gasteiger partial charge in [-0.2, -0.15) is 4.89 Å². The normalized spacial score (nSPS) is 41.0. The molecule has 4 bridgehead atoms. The van der Waals surface area contributed by atoms with E-state index >= 15 is 0 Å². The molecule has 3 unspecified atom stereocenters. The van der Waals surface area contributed by atoms with E-state index in [0.29, 0.717) is 16.5 Å². The van der Waals surface area contributed by atoms with Gasteiger partial charge >= 0.3 is 59.1 Å². The second-order valence-electron chi connectivity index (χ2n) is 8.46. The standard InChI is InChI=1S/C18H21Cl2O7P.2Na/c1-24-18(14-6-13(2-3-15(14)19)25-28(21,22)23)17(26-27-18)11-4-10-5-12(17)9-16(20,7-10)8-11;;/h2-3,6,10-12H,4-5,7-9H2,1H3,(H2,21,22,23);;/q;2*+1/p-2. The average Bonchev–Trinajstić information content (AvgIpc) is 2.54. The summed E-state index contributed by atoms with van der Waals surface area (Å²) in [6.07, 6.45) is 4.53. The van der Waals surface area contributed by atoms with Crippen LogP contribution >= 0.6 is 31.0 Å². The zero-order valence-corrected chi connectivity index (χ0v) is 23.5. The van der Waals surface area contributed by atoms with Crippen molar-refractivity contribution >= 4 is 31.0 Å². The number of rotatable bonds is 4. The summed E-state index contributed by atoms with van der Waals surface area (Å²) in [4.78, 5) is 33.3. The van der Waals surface area contributed by atoms with Crippen molar-refractivity contribution in [3.8, 4) is 5.75 Å². The smallest absolute Gasteiger partial charge is 0.780 e. The molecule has 1 aromatic rings. The molecule has 1 saturated heterocycles. The van der Waals surface area contributed by atoms with Crippen LogP contribution in [0.2, 0.25) is 5.02 Å². The third kappa shape index (κ3) is 3.83. The molecule has 5 fully saturated rings. The van der Waals surface area contributed by atoms with Crippen LogP contribution < -0.4 is 73.4 Å². The Kier molecular flexibility index (Phi) is 7.60. The van der Waals surface area contributed by atoms with Gasteiger partial charge in [-0.05, 0) is 68.1 Å². The molecule has 1 heterocycles. The monoisotopic (exact) mass is 494 g/mol. The Hall–Kier alpha value is 1.63. The summed E-state index contributed by atoms with van der Waals surface area (Å²) < 4.78 is 21.5. The molecule has 0 radical (unpaired) electrons. The number of halogens is 2. The van der Waals surface area contributed by atoms with Gasteiger partial charge in [-0.1, -0.05) is 11.6 Å². The van der Waals surface area contributed by atoms with Gasteiger partial charge < -0.3 is 23.6 Å². The molecule has 1 aliphatic heterocycles. The molecule has 12 heteroatoms. The molecule has 154 valence electrons. The molecule has 5 aliphatic rings. The van der Waals surface area contributed by atoms with Crippen LogP contribution in [0, 0.1) is 17.8 Å². The zero-order chi connectivity index (χ0) is 19.9. The van der Waals surface area contributed by atoms with Crippen LogP contribution in [0.4, 0.5) is 0 Å². The first-order valence-electron chi connectivity index (χ1n) is 9.23. The molecule has 3 atom stereocenters. The molecule has 6 rings (SSSR count). The second kappa shape index (κ2) is 8.69. The minimum atomic E-state index is -5.22. The van der Waals surface area contributed by atoms with Crippen molar-refractivity contribution in [1.82, 2.24) is 0 Å². The van der Waals surface area contributed by atoms with Crippen molar-refractivity contribution < 1.29 is 92.5 Å². The third-order valence-electron chi connectivity index (χ3n) is 6.94. The quantitative estimate of drug-likeness (QED) is 0.189. The minimum absolute atomic E-state index is 0. The number of hydrogen-bond acceptors (Lipinski definition) is 7. The molecular formula is C18H19Cl2Na2O7P. The Morgan fingerprint density at radius 2 is 1.77 bits per heavy atom. The largest absolute Gasteiger partial charge is 1.00 e. The van der Waals surface area contributed by atoms with Gasteiger partial charge in [0.25, 0.3) is 5.79 Å². The fourth-order valence-electron chi connectivity index (χ4n) is 6.26. The van der Waals surface area contributed by atoms with E-state index in [-0.39, 0.29) is 81.6 Å². The van der Waals surface area contributed by atoms with Crippen LogP contribution in [0.15, 0.2) is 18.2 Å². The molecule has 0 amide bonds. The Morgan fingerprint density at radius 1 is 1.13 bits per heavy atom. The first-order chi connectivity index (χ1) is 13.1. The van der Waals surface area contributed by atoms with E-state index in [0.717, 1.165) is 32.1 Å². The summed E-state index contributed by atoms with van der Waals surface area (Å²) in [7, 11) is -3.72. The summed E-state index contributed by atoms with van der Waals surface area (Å²) >= 11 is 13.3. The van der Waals surface area contributed by atoms with Crippen LogP contribution in [-0.4, -0.2) is 17.6 Å². The maximum atomic E-state index is 11.0. The molecule has 30 heavy (non-hydrogen) atoms. The van der Waals surface area contributed by atoms with E-state index in [1.807, 2.05) is 0 Å². The molecule has 1 aromatic carbocycles. The maximum absolute atomic E-state index is 11.0. The zero-order valence-electron chi connectivity index (χ0n) is 17.1.